The van der Waals surface area contributed by atoms with Crippen LogP contribution in [0.25, 0.3) is 67.4 Å². The van der Waals surface area contributed by atoms with Crippen LogP contribution in [-0.4, -0.2) is 168 Å². The van der Waals surface area contributed by atoms with Gasteiger partial charge in [-0.3, -0.25) is 19.7 Å². The van der Waals surface area contributed by atoms with Crippen molar-refractivity contribution in [1.82, 2.24) is 49.4 Å². The number of fused-ring (bicyclic) bond motifs is 6. The molecule has 0 saturated carbocycles. The minimum absolute atomic E-state index is 0. The van der Waals surface area contributed by atoms with E-state index < -0.39 is 33.7 Å². The van der Waals surface area contributed by atoms with Crippen molar-refractivity contribution in [2.45, 2.75) is 174 Å². The van der Waals surface area contributed by atoms with Gasteiger partial charge in [0.15, 0.2) is 11.3 Å². The van der Waals surface area contributed by atoms with Crippen molar-refractivity contribution in [2.75, 3.05) is 70.3 Å². The van der Waals surface area contributed by atoms with Crippen molar-refractivity contribution < 1.29 is 104 Å². The van der Waals surface area contributed by atoms with Gasteiger partial charge < -0.3 is 45.8 Å². The predicted octanol–water partition coefficient (Wildman–Crippen LogP) is 13.0. The Kier molecular flexibility index (Phi) is 27.9. The summed E-state index contributed by atoms with van der Waals surface area (Å²) in [7, 11) is -2.72. The number of carbonyl (C=O) groups is 2. The molecule has 4 unspecified atom stereocenters. The first kappa shape index (κ1) is 81.1. The van der Waals surface area contributed by atoms with Gasteiger partial charge in [-0.1, -0.05) is 133 Å². The number of carbonyl (C=O) groups excluding carboxylic acids is 2. The molecule has 4 bridgehead atoms. The number of allylic oxidation sites excluding steroid dienone is 1. The second kappa shape index (κ2) is 35.0. The number of nitrogen functional groups attached to an aromatic ring is 1. The van der Waals surface area contributed by atoms with Gasteiger partial charge in [0.1, 0.15) is 36.5 Å². The number of amides is 1. The van der Waals surface area contributed by atoms with Crippen molar-refractivity contribution in [3.05, 3.63) is 145 Å². The third-order valence-corrected chi connectivity index (χ3v) is 21.4. The average Bonchev–Trinajstić information content (AvgIpc) is 1.70. The number of anilines is 2. The van der Waals surface area contributed by atoms with Gasteiger partial charge in [-0.15, -0.1) is 0 Å². The number of piperidine rings is 2. The van der Waals surface area contributed by atoms with Gasteiger partial charge in [0.25, 0.3) is 0 Å². The fraction of sp³-hybridized carbons (Fsp3) is 0.474. The maximum Gasteiger partial charge on any atom is 1.00 e. The third kappa shape index (κ3) is 20.5. The molecule has 4 aliphatic heterocycles. The SMILES string of the molecule is C.C=C(C)c1c(C2CC3COCC(C2)N3)nc2c(-c3ccc(-c4ccccc4)nc3)cnn2c1N.C=C(OCC)c1c(C2CC3COCC(C2)N3C(=O)OC(C)(C)C)nc2c(-c3ccc(-c4ccccc4)nc3)cnn2c1N(COCC[Si](C)(C)C)COCC[Si](C)(C)C.CC(=O)C(F)(F)F.[H-].[K+]. The van der Waals surface area contributed by atoms with Gasteiger partial charge in [-0.25, -0.2) is 14.8 Å². The van der Waals surface area contributed by atoms with Gasteiger partial charge in [0, 0.05) is 112 Å². The molecule has 12 rings (SSSR count). The van der Waals surface area contributed by atoms with Crippen LogP contribution < -0.4 is 67.3 Å². The van der Waals surface area contributed by atoms with Crippen LogP contribution in [-0.2, 0) is 33.2 Å². The predicted molar refractivity (Wildman–Crippen MR) is 400 cm³/mol. The van der Waals surface area contributed by atoms with E-state index in [9.17, 15) is 22.8 Å². The normalized spacial score (nSPS) is 18.9. The largest absolute Gasteiger partial charge is 1.00 e. The molecular weight excluding hydrogens is 1360 g/mol. The first-order valence-corrected chi connectivity index (χ1v) is 41.9. The number of nitrogens with zero attached hydrogens (tertiary/aromatic N) is 10. The Labute approximate surface area is 644 Å². The molecule has 4 aliphatic rings. The number of aromatic nitrogens is 8. The number of ketones is 1. The van der Waals surface area contributed by atoms with Crippen molar-refractivity contribution in [1.29, 1.82) is 0 Å². The molecule has 0 aliphatic carbocycles. The van der Waals surface area contributed by atoms with E-state index in [0.717, 1.165) is 122 Å². The van der Waals surface area contributed by atoms with Crippen LogP contribution >= 0.6 is 0 Å². The van der Waals surface area contributed by atoms with E-state index in [2.05, 4.69) is 104 Å². The Morgan fingerprint density at radius 2 is 1.12 bits per heavy atom. The first-order chi connectivity index (χ1) is 47.4. The quantitative estimate of drug-likeness (QED) is 0.0296. The van der Waals surface area contributed by atoms with Crippen LogP contribution in [0.5, 0.6) is 0 Å². The summed E-state index contributed by atoms with van der Waals surface area (Å²) < 4.78 is 73.2. The molecule has 1 amide bonds. The van der Waals surface area contributed by atoms with Gasteiger partial charge in [-0.2, -0.15) is 32.4 Å². The molecule has 4 fully saturated rings. The number of nitrogens with two attached hydrogens (primary N) is 1. The van der Waals surface area contributed by atoms with Crippen LogP contribution in [0.2, 0.25) is 51.4 Å². The number of pyridine rings is 2. The molecule has 4 saturated heterocycles. The molecule has 4 atom stereocenters. The summed E-state index contributed by atoms with van der Waals surface area (Å²) in [4.78, 5) is 47.3. The van der Waals surface area contributed by atoms with Crippen LogP contribution in [0, 0.1) is 0 Å². The fourth-order valence-corrected chi connectivity index (χ4v) is 14.5. The van der Waals surface area contributed by atoms with Gasteiger partial charge in [-0.05, 0) is 90.1 Å². The Bertz CT molecular complexity index is 4110. The molecule has 6 aromatic heterocycles. The number of alkyl halides is 3. The molecule has 102 heavy (non-hydrogen) atoms. The zero-order valence-electron chi connectivity index (χ0n) is 61.8. The van der Waals surface area contributed by atoms with Crippen molar-refractivity contribution in [3.63, 3.8) is 0 Å². The number of rotatable bonds is 21. The van der Waals surface area contributed by atoms with E-state index in [-0.39, 0.29) is 97.8 Å². The van der Waals surface area contributed by atoms with E-state index in [1.807, 2.05) is 117 Å². The second-order valence-corrected chi connectivity index (χ2v) is 41.0. The molecule has 2 aromatic carbocycles. The zero-order valence-corrected chi connectivity index (χ0v) is 65.9. The van der Waals surface area contributed by atoms with Crippen molar-refractivity contribution >= 4 is 62.3 Å². The van der Waals surface area contributed by atoms with Crippen LogP contribution in [0.1, 0.15) is 110 Å². The van der Waals surface area contributed by atoms with Crippen molar-refractivity contribution in [3.8, 4) is 44.8 Å². The topological polar surface area (TPSA) is 220 Å². The number of ether oxygens (including phenoxy) is 6. The standard InChI is InChI=1S/C45H66N6O6Si2.C27H28N6O.C3H3F3O.CH4.K.H/c1-12-56-32(2)40-41(35-24-36-28-55-29-37(25-35)50(36)44(52)57-45(3,4)5)48-42-38(34-18-19-39(46-26-34)33-16-14-13-15-17-33)27-47-51(42)43(40)49(30-53-20-22-58(6,7)8)31-54-21-23-59(9,10)11;1-16(2)24-25(19-10-20-14-34-15-21(11-19)31-20)32-27-22(13-30-33(27)26(24)28)18-8-9-23(29-12-18)17-6-4-3-5-7-17;1-2(7)3(4,5)6;;;/h13-19,26-27,35-37H,2,12,20-25,28-31H2,1,3-11H3;3-9,12-13,19-21,31H,1,10-11,14-15,28H2,2H3;1H3;1H4;;/q;;;;+1;-1. The summed E-state index contributed by atoms with van der Waals surface area (Å²) >= 11 is 0. The van der Waals surface area contributed by atoms with Crippen molar-refractivity contribution in [2.24, 2.45) is 0 Å². The number of hydrogen-bond acceptors (Lipinski definition) is 17. The molecule has 544 valence electrons. The summed E-state index contributed by atoms with van der Waals surface area (Å²) in [5.41, 5.74) is 19.6. The monoisotopic (exact) mass is 1460 g/mol. The number of morpholine rings is 2. The molecular formula is C76H102F3KN12O8Si2. The Hall–Kier alpha value is -6.54. The number of halogens is 3. The van der Waals surface area contributed by atoms with E-state index in [1.165, 1.54) is 0 Å². The molecule has 10 heterocycles. The van der Waals surface area contributed by atoms with Gasteiger partial charge >= 0.3 is 63.7 Å². The van der Waals surface area contributed by atoms with E-state index in [4.69, 9.17) is 59.2 Å². The Morgan fingerprint density at radius 1 is 0.667 bits per heavy atom. The Morgan fingerprint density at radius 3 is 1.55 bits per heavy atom. The van der Waals surface area contributed by atoms with Gasteiger partial charge in [0.2, 0.25) is 5.78 Å². The number of nitrogens with one attached hydrogen (secondary N) is 1. The molecule has 26 heteroatoms. The molecule has 20 nitrogen and oxygen atoms in total. The third-order valence-electron chi connectivity index (χ3n) is 18.0. The molecule has 0 radical (unpaired) electrons. The Balaban J connectivity index is 0.000000284. The first-order valence-electron chi connectivity index (χ1n) is 34.5. The van der Waals surface area contributed by atoms with E-state index in [0.29, 0.717) is 88.0 Å². The summed E-state index contributed by atoms with van der Waals surface area (Å²) in [5, 5.41) is 13.3. The number of hydrogen-bond donors (Lipinski definition) is 2. The summed E-state index contributed by atoms with van der Waals surface area (Å²) in [5.74, 6) is 0.316. The second-order valence-electron chi connectivity index (χ2n) is 29.7. The molecule has 3 N–H and O–H groups in total. The van der Waals surface area contributed by atoms with Gasteiger partial charge in [0.05, 0.1) is 85.9 Å². The van der Waals surface area contributed by atoms with Crippen LogP contribution in [0.4, 0.5) is 29.6 Å². The fourth-order valence-electron chi connectivity index (χ4n) is 13.0. The minimum Gasteiger partial charge on any atom is -1.00 e. The van der Waals surface area contributed by atoms with E-state index >= 15 is 0 Å². The van der Waals surface area contributed by atoms with E-state index in [1.54, 1.807) is 4.52 Å². The average molecular weight is 1460 g/mol. The summed E-state index contributed by atoms with van der Waals surface area (Å²) in [6.45, 7) is 37.6. The maximum absolute atomic E-state index is 13.7. The smallest absolute Gasteiger partial charge is 1.00 e. The number of Topliss-reactive ketones (excluding diaryl/α,β-unsaturated/α-hetero) is 1. The maximum atomic E-state index is 13.7. The van der Waals surface area contributed by atoms with Crippen LogP contribution in [0.15, 0.2) is 123 Å². The minimum atomic E-state index is -4.64. The summed E-state index contributed by atoms with van der Waals surface area (Å²) in [6.07, 6.45) is 5.72. The summed E-state index contributed by atoms with van der Waals surface area (Å²) in [6, 6.07) is 30.9. The molecule has 8 aromatic rings. The zero-order chi connectivity index (χ0) is 71.8. The van der Waals surface area contributed by atoms with Crippen LogP contribution in [0.3, 0.4) is 0 Å². The number of benzene rings is 2. The molecule has 0 spiro atoms.